The summed E-state index contributed by atoms with van der Waals surface area (Å²) < 4.78 is 39.0. The Labute approximate surface area is 185 Å². The molecule has 1 aliphatic rings. The number of nitrogens with one attached hydrogen (secondary N) is 2. The molecule has 2 N–H and O–H groups in total. The average Bonchev–Trinajstić information content (AvgIpc) is 2.69. The number of hydrazine groups is 1. The fourth-order valence-electron chi connectivity index (χ4n) is 3.22. The molecule has 2 aromatic rings. The van der Waals surface area contributed by atoms with E-state index in [0.29, 0.717) is 32.0 Å². The van der Waals surface area contributed by atoms with Crippen LogP contribution in [-0.2, 0) is 22.2 Å². The highest BCUT2D eigenvalue weighted by Gasteiger charge is 2.33. The Morgan fingerprint density at radius 2 is 1.84 bits per heavy atom. The molecule has 11 heteroatoms. The van der Waals surface area contributed by atoms with Crippen molar-refractivity contribution in [3.8, 4) is 0 Å². The first-order valence-electron chi connectivity index (χ1n) is 9.50. The Bertz CT molecular complexity index is 945. The highest BCUT2D eigenvalue weighted by Crippen LogP contribution is 2.35. The number of carbonyl (C=O) groups is 2. The summed E-state index contributed by atoms with van der Waals surface area (Å²) in [4.78, 5) is 29.7. The van der Waals surface area contributed by atoms with Gasteiger partial charge in [0, 0.05) is 37.6 Å². The van der Waals surface area contributed by atoms with Crippen LogP contribution in [0.25, 0.3) is 0 Å². The molecule has 0 atom stereocenters. The average molecular weight is 500 g/mol. The number of hydrogen-bond acceptors (Lipinski definition) is 5. The second kappa shape index (κ2) is 9.65. The van der Waals surface area contributed by atoms with Crippen LogP contribution in [0.1, 0.15) is 18.1 Å². The summed E-state index contributed by atoms with van der Waals surface area (Å²) in [5, 5.41) is 4.46. The van der Waals surface area contributed by atoms with Gasteiger partial charge in [0.15, 0.2) is 0 Å². The summed E-state index contributed by atoms with van der Waals surface area (Å²) in [6.45, 7) is 4.23. The molecule has 1 aromatic carbocycles. The molecule has 0 radical (unpaired) electrons. The third-order valence-electron chi connectivity index (χ3n) is 4.68. The van der Waals surface area contributed by atoms with Gasteiger partial charge in [-0.05, 0) is 29.8 Å². The summed E-state index contributed by atoms with van der Waals surface area (Å²) in [5.74, 6) is -0.244. The van der Waals surface area contributed by atoms with E-state index in [2.05, 4.69) is 36.6 Å². The number of carbonyl (C=O) groups excluding carboxylic acids is 2. The quantitative estimate of drug-likeness (QED) is 0.660. The number of nitrogens with zero attached hydrogens (tertiary/aromatic N) is 3. The number of pyridine rings is 1. The molecular formula is C20H21BrF3N5O2. The van der Waals surface area contributed by atoms with E-state index in [0.717, 1.165) is 11.8 Å². The SMILES string of the molecule is CC(=O)NN1CCN(c2ccc(NC(=O)Cc3ccc(Br)c(C(F)(F)F)c3)nc2)CC1. The Morgan fingerprint density at radius 3 is 2.42 bits per heavy atom. The summed E-state index contributed by atoms with van der Waals surface area (Å²) in [7, 11) is 0. The standard InChI is InChI=1S/C20H21BrF3N5O2/c1-13(30)27-29-8-6-28(7-9-29)15-3-5-18(25-12-15)26-19(31)11-14-2-4-17(21)16(10-14)20(22,23)24/h2-5,10,12H,6-9,11H2,1H3,(H,27,30)(H,25,26,31). The largest absolute Gasteiger partial charge is 0.417 e. The monoisotopic (exact) mass is 499 g/mol. The minimum atomic E-state index is -4.50. The van der Waals surface area contributed by atoms with Gasteiger partial charge in [-0.2, -0.15) is 13.2 Å². The van der Waals surface area contributed by atoms with Gasteiger partial charge in [-0.25, -0.2) is 9.99 Å². The first-order valence-corrected chi connectivity index (χ1v) is 10.3. The van der Waals surface area contributed by atoms with Crippen LogP contribution in [0.4, 0.5) is 24.7 Å². The van der Waals surface area contributed by atoms with Crippen LogP contribution in [-0.4, -0.2) is 48.0 Å². The van der Waals surface area contributed by atoms with E-state index in [1.807, 2.05) is 11.1 Å². The molecule has 166 valence electrons. The molecule has 2 amide bonds. The van der Waals surface area contributed by atoms with Crippen molar-refractivity contribution in [2.75, 3.05) is 36.4 Å². The Morgan fingerprint density at radius 1 is 1.13 bits per heavy atom. The minimum Gasteiger partial charge on any atom is -0.368 e. The molecule has 0 aliphatic carbocycles. The lowest BCUT2D eigenvalue weighted by molar-refractivity contribution is -0.138. The van der Waals surface area contributed by atoms with Gasteiger partial charge >= 0.3 is 6.18 Å². The number of hydrogen-bond donors (Lipinski definition) is 2. The van der Waals surface area contributed by atoms with Gasteiger partial charge in [0.05, 0.1) is 23.9 Å². The van der Waals surface area contributed by atoms with Gasteiger partial charge in [0.25, 0.3) is 0 Å². The Hall–Kier alpha value is -2.66. The lowest BCUT2D eigenvalue weighted by Crippen LogP contribution is -2.53. The van der Waals surface area contributed by atoms with Crippen LogP contribution in [0, 0.1) is 0 Å². The van der Waals surface area contributed by atoms with E-state index >= 15 is 0 Å². The van der Waals surface area contributed by atoms with Gasteiger partial charge in [0.2, 0.25) is 11.8 Å². The lowest BCUT2D eigenvalue weighted by atomic mass is 10.1. The third kappa shape index (κ3) is 6.41. The molecular weight excluding hydrogens is 479 g/mol. The zero-order valence-electron chi connectivity index (χ0n) is 16.7. The molecule has 7 nitrogen and oxygen atoms in total. The molecule has 3 rings (SSSR count). The van der Waals surface area contributed by atoms with Gasteiger partial charge in [-0.3, -0.25) is 15.0 Å². The minimum absolute atomic E-state index is 0.0701. The molecule has 1 aliphatic heterocycles. The molecule has 0 saturated carbocycles. The third-order valence-corrected chi connectivity index (χ3v) is 5.37. The number of halogens is 4. The van der Waals surface area contributed by atoms with E-state index in [9.17, 15) is 22.8 Å². The molecule has 0 unspecified atom stereocenters. The summed E-state index contributed by atoms with van der Waals surface area (Å²) in [6, 6.07) is 7.18. The Kier molecular flexibility index (Phi) is 7.16. The first kappa shape index (κ1) is 23.0. The maximum atomic E-state index is 13.0. The fraction of sp³-hybridized carbons (Fsp3) is 0.350. The maximum absolute atomic E-state index is 13.0. The number of anilines is 2. The van der Waals surface area contributed by atoms with Crippen molar-refractivity contribution in [3.05, 3.63) is 52.1 Å². The predicted octanol–water partition coefficient (Wildman–Crippen LogP) is 3.22. The molecule has 1 fully saturated rings. The molecule has 1 saturated heterocycles. The Balaban J connectivity index is 1.56. The van der Waals surface area contributed by atoms with Crippen LogP contribution in [0.3, 0.4) is 0 Å². The second-order valence-corrected chi connectivity index (χ2v) is 7.93. The zero-order chi connectivity index (χ0) is 22.6. The van der Waals surface area contributed by atoms with Crippen molar-refractivity contribution in [1.29, 1.82) is 0 Å². The number of aromatic nitrogens is 1. The molecule has 31 heavy (non-hydrogen) atoms. The van der Waals surface area contributed by atoms with Crippen molar-refractivity contribution in [2.24, 2.45) is 0 Å². The second-order valence-electron chi connectivity index (χ2n) is 7.08. The zero-order valence-corrected chi connectivity index (χ0v) is 18.3. The maximum Gasteiger partial charge on any atom is 0.417 e. The van der Waals surface area contributed by atoms with E-state index in [4.69, 9.17) is 0 Å². The molecule has 0 bridgehead atoms. The van der Waals surface area contributed by atoms with Crippen LogP contribution >= 0.6 is 15.9 Å². The van der Waals surface area contributed by atoms with Gasteiger partial charge < -0.3 is 10.2 Å². The van der Waals surface area contributed by atoms with Crippen LogP contribution < -0.4 is 15.6 Å². The first-order chi connectivity index (χ1) is 14.6. The summed E-state index contributed by atoms with van der Waals surface area (Å²) in [5.41, 5.74) is 3.07. The highest BCUT2D eigenvalue weighted by atomic mass is 79.9. The summed E-state index contributed by atoms with van der Waals surface area (Å²) >= 11 is 2.88. The normalized spacial score (nSPS) is 14.9. The number of rotatable bonds is 5. The topological polar surface area (TPSA) is 77.6 Å². The van der Waals surface area contributed by atoms with Crippen molar-refractivity contribution in [1.82, 2.24) is 15.4 Å². The van der Waals surface area contributed by atoms with Crippen molar-refractivity contribution in [3.63, 3.8) is 0 Å². The van der Waals surface area contributed by atoms with E-state index in [-0.39, 0.29) is 22.4 Å². The van der Waals surface area contributed by atoms with Gasteiger partial charge in [-0.1, -0.05) is 22.0 Å². The number of benzene rings is 1. The number of alkyl halides is 3. The van der Waals surface area contributed by atoms with Crippen molar-refractivity contribution in [2.45, 2.75) is 19.5 Å². The fourth-order valence-corrected chi connectivity index (χ4v) is 3.69. The number of amides is 2. The number of piperazine rings is 1. The van der Waals surface area contributed by atoms with E-state index in [1.54, 1.807) is 12.3 Å². The molecule has 2 heterocycles. The van der Waals surface area contributed by atoms with Crippen LogP contribution in [0.15, 0.2) is 41.0 Å². The highest BCUT2D eigenvalue weighted by molar-refractivity contribution is 9.10. The molecule has 1 aromatic heterocycles. The predicted molar refractivity (Wildman–Crippen MR) is 113 cm³/mol. The van der Waals surface area contributed by atoms with Crippen molar-refractivity contribution < 1.29 is 22.8 Å². The van der Waals surface area contributed by atoms with Crippen molar-refractivity contribution >= 4 is 39.2 Å². The van der Waals surface area contributed by atoms with E-state index in [1.165, 1.54) is 19.1 Å². The van der Waals surface area contributed by atoms with Gasteiger partial charge in [-0.15, -0.1) is 0 Å². The van der Waals surface area contributed by atoms with Crippen LogP contribution in [0.2, 0.25) is 0 Å². The van der Waals surface area contributed by atoms with Crippen LogP contribution in [0.5, 0.6) is 0 Å². The molecule has 0 spiro atoms. The van der Waals surface area contributed by atoms with Gasteiger partial charge in [0.1, 0.15) is 5.82 Å². The smallest absolute Gasteiger partial charge is 0.368 e. The van der Waals surface area contributed by atoms with E-state index < -0.39 is 17.6 Å². The summed E-state index contributed by atoms with van der Waals surface area (Å²) in [6.07, 6.45) is -3.08. The lowest BCUT2D eigenvalue weighted by Gasteiger charge is -2.35.